The van der Waals surface area contributed by atoms with Gasteiger partial charge in [-0.3, -0.25) is 9.59 Å². The van der Waals surface area contributed by atoms with Crippen molar-refractivity contribution in [3.05, 3.63) is 71.3 Å². The Morgan fingerprint density at radius 1 is 1.03 bits per heavy atom. The second-order valence-corrected chi connectivity index (χ2v) is 6.91. The van der Waals surface area contributed by atoms with Gasteiger partial charge in [-0.2, -0.15) is 0 Å². The first-order chi connectivity index (χ1) is 14.0. The lowest BCUT2D eigenvalue weighted by molar-refractivity contribution is -0.116. The van der Waals surface area contributed by atoms with Crippen molar-refractivity contribution in [3.8, 4) is 5.75 Å². The van der Waals surface area contributed by atoms with E-state index in [4.69, 9.17) is 9.47 Å². The first kappa shape index (κ1) is 18.7. The number of anilines is 1. The number of benzene rings is 3. The number of nitrogens with one attached hydrogen (secondary N) is 1. The maximum absolute atomic E-state index is 12.6. The standard InChI is InChI=1S/C23H19NO5/c1-13-17-10-16(7-8-19(17)24-22(13)26)20(25)12-29-23(27)18-9-14-5-3-4-6-15(14)11-21(18)28-2/h3-11,13H,12H2,1-2H3,(H,24,26)/t13-/m0/s1. The van der Waals surface area contributed by atoms with Crippen LogP contribution in [-0.4, -0.2) is 31.4 Å². The van der Waals surface area contributed by atoms with Crippen LogP contribution in [0.15, 0.2) is 54.6 Å². The number of ether oxygens (including phenoxy) is 2. The van der Waals surface area contributed by atoms with Gasteiger partial charge in [-0.25, -0.2) is 4.79 Å². The quantitative estimate of drug-likeness (QED) is 0.528. The molecule has 1 N–H and O–H groups in total. The summed E-state index contributed by atoms with van der Waals surface area (Å²) in [6.07, 6.45) is 0. The fourth-order valence-electron chi connectivity index (χ4n) is 3.43. The van der Waals surface area contributed by atoms with E-state index < -0.39 is 12.6 Å². The fourth-order valence-corrected chi connectivity index (χ4v) is 3.43. The fraction of sp³-hybridized carbons (Fsp3) is 0.174. The molecular formula is C23H19NO5. The highest BCUT2D eigenvalue weighted by molar-refractivity contribution is 6.05. The number of rotatable bonds is 5. The van der Waals surface area contributed by atoms with E-state index in [1.807, 2.05) is 24.3 Å². The van der Waals surface area contributed by atoms with Crippen molar-refractivity contribution in [1.29, 1.82) is 0 Å². The average molecular weight is 389 g/mol. The maximum atomic E-state index is 12.6. The van der Waals surface area contributed by atoms with Crippen molar-refractivity contribution in [2.45, 2.75) is 12.8 Å². The van der Waals surface area contributed by atoms with E-state index in [0.29, 0.717) is 17.0 Å². The summed E-state index contributed by atoms with van der Waals surface area (Å²) in [6, 6.07) is 16.0. The molecule has 0 saturated carbocycles. The van der Waals surface area contributed by atoms with Crippen LogP contribution in [0.3, 0.4) is 0 Å². The lowest BCUT2D eigenvalue weighted by Gasteiger charge is -2.11. The molecule has 0 bridgehead atoms. The summed E-state index contributed by atoms with van der Waals surface area (Å²) >= 11 is 0. The molecule has 1 amide bonds. The van der Waals surface area contributed by atoms with Gasteiger partial charge < -0.3 is 14.8 Å². The Morgan fingerprint density at radius 2 is 1.76 bits per heavy atom. The Morgan fingerprint density at radius 3 is 2.48 bits per heavy atom. The molecule has 1 atom stereocenters. The van der Waals surface area contributed by atoms with E-state index in [2.05, 4.69) is 5.32 Å². The number of amides is 1. The predicted octanol–water partition coefficient (Wildman–Crippen LogP) is 3.94. The van der Waals surface area contributed by atoms with E-state index in [-0.39, 0.29) is 23.2 Å². The lowest BCUT2D eigenvalue weighted by atomic mass is 9.99. The molecule has 3 aromatic rings. The van der Waals surface area contributed by atoms with Crippen LogP contribution in [0, 0.1) is 0 Å². The highest BCUT2D eigenvalue weighted by Crippen LogP contribution is 2.33. The van der Waals surface area contributed by atoms with Crippen LogP contribution in [0.2, 0.25) is 0 Å². The minimum atomic E-state index is -0.632. The van der Waals surface area contributed by atoms with E-state index in [0.717, 1.165) is 16.3 Å². The molecule has 6 nitrogen and oxygen atoms in total. The Labute approximate surface area is 167 Å². The van der Waals surface area contributed by atoms with Crippen LogP contribution in [-0.2, 0) is 9.53 Å². The molecule has 0 radical (unpaired) electrons. The number of Topliss-reactive ketones (excluding diaryl/α,β-unsaturated/α-hetero) is 1. The molecule has 0 aromatic heterocycles. The van der Waals surface area contributed by atoms with Crippen LogP contribution < -0.4 is 10.1 Å². The van der Waals surface area contributed by atoms with Crippen LogP contribution in [0.25, 0.3) is 10.8 Å². The molecule has 3 aromatic carbocycles. The number of carbonyl (C=O) groups is 3. The summed E-state index contributed by atoms with van der Waals surface area (Å²) in [4.78, 5) is 36.9. The summed E-state index contributed by atoms with van der Waals surface area (Å²) in [5.41, 5.74) is 2.13. The van der Waals surface area contributed by atoms with Gasteiger partial charge in [0.2, 0.25) is 5.91 Å². The van der Waals surface area contributed by atoms with Gasteiger partial charge in [-0.05, 0) is 53.6 Å². The molecule has 146 valence electrons. The Bertz CT molecular complexity index is 1150. The molecule has 0 spiro atoms. The largest absolute Gasteiger partial charge is 0.496 e. The molecule has 29 heavy (non-hydrogen) atoms. The summed E-state index contributed by atoms with van der Waals surface area (Å²) in [5.74, 6) is -1.00. The summed E-state index contributed by atoms with van der Waals surface area (Å²) in [5, 5.41) is 4.57. The predicted molar refractivity (Wildman–Crippen MR) is 109 cm³/mol. The van der Waals surface area contributed by atoms with Crippen LogP contribution in [0.5, 0.6) is 5.75 Å². The van der Waals surface area contributed by atoms with Crippen molar-refractivity contribution in [3.63, 3.8) is 0 Å². The average Bonchev–Trinajstić information content (AvgIpc) is 3.03. The minimum absolute atomic E-state index is 0.0978. The van der Waals surface area contributed by atoms with Gasteiger partial charge >= 0.3 is 5.97 Å². The molecule has 1 aliphatic rings. The first-order valence-electron chi connectivity index (χ1n) is 9.20. The van der Waals surface area contributed by atoms with Crippen molar-refractivity contribution in [1.82, 2.24) is 0 Å². The maximum Gasteiger partial charge on any atom is 0.342 e. The van der Waals surface area contributed by atoms with E-state index in [9.17, 15) is 14.4 Å². The van der Waals surface area contributed by atoms with E-state index >= 15 is 0 Å². The Kier molecular flexibility index (Phi) is 4.76. The highest BCUT2D eigenvalue weighted by Gasteiger charge is 2.27. The zero-order chi connectivity index (χ0) is 20.5. The third-order valence-corrected chi connectivity index (χ3v) is 5.11. The second-order valence-electron chi connectivity index (χ2n) is 6.91. The molecule has 1 aliphatic heterocycles. The van der Waals surface area contributed by atoms with Gasteiger partial charge in [0.25, 0.3) is 0 Å². The molecule has 0 unspecified atom stereocenters. The zero-order valence-electron chi connectivity index (χ0n) is 16.0. The Balaban J connectivity index is 1.51. The van der Waals surface area contributed by atoms with Gasteiger partial charge in [0.1, 0.15) is 11.3 Å². The molecule has 4 rings (SSSR count). The van der Waals surface area contributed by atoms with Gasteiger partial charge in [-0.15, -0.1) is 0 Å². The molecule has 0 saturated heterocycles. The Hall–Kier alpha value is -3.67. The van der Waals surface area contributed by atoms with Crippen molar-refractivity contribution >= 4 is 34.1 Å². The van der Waals surface area contributed by atoms with Crippen LogP contribution in [0.4, 0.5) is 5.69 Å². The van der Waals surface area contributed by atoms with Gasteiger partial charge in [0.15, 0.2) is 12.4 Å². The number of carbonyl (C=O) groups excluding carboxylic acids is 3. The van der Waals surface area contributed by atoms with Crippen molar-refractivity contribution in [2.75, 3.05) is 19.0 Å². The summed E-state index contributed by atoms with van der Waals surface area (Å²) in [7, 11) is 1.48. The van der Waals surface area contributed by atoms with Crippen LogP contribution >= 0.6 is 0 Å². The molecular weight excluding hydrogens is 370 g/mol. The molecule has 1 heterocycles. The second kappa shape index (κ2) is 7.39. The SMILES string of the molecule is COc1cc2ccccc2cc1C(=O)OCC(=O)c1ccc2c(c1)[C@H](C)C(=O)N2. The zero-order valence-corrected chi connectivity index (χ0v) is 16.0. The topological polar surface area (TPSA) is 81.7 Å². The number of hydrogen-bond acceptors (Lipinski definition) is 5. The van der Waals surface area contributed by atoms with E-state index in [1.165, 1.54) is 7.11 Å². The number of fused-ring (bicyclic) bond motifs is 2. The number of ketones is 1. The summed E-state index contributed by atoms with van der Waals surface area (Å²) < 4.78 is 10.6. The lowest BCUT2D eigenvalue weighted by Crippen LogP contribution is -2.15. The highest BCUT2D eigenvalue weighted by atomic mass is 16.5. The number of hydrogen-bond donors (Lipinski definition) is 1. The van der Waals surface area contributed by atoms with Crippen LogP contribution in [0.1, 0.15) is 39.1 Å². The van der Waals surface area contributed by atoms with E-state index in [1.54, 1.807) is 37.3 Å². The minimum Gasteiger partial charge on any atom is -0.496 e. The van der Waals surface area contributed by atoms with Crippen molar-refractivity contribution in [2.24, 2.45) is 0 Å². The van der Waals surface area contributed by atoms with Crippen molar-refractivity contribution < 1.29 is 23.9 Å². The van der Waals surface area contributed by atoms with Gasteiger partial charge in [-0.1, -0.05) is 24.3 Å². The number of methoxy groups -OCH3 is 1. The molecule has 0 aliphatic carbocycles. The molecule has 6 heteroatoms. The number of esters is 1. The monoisotopic (exact) mass is 389 g/mol. The molecule has 0 fully saturated rings. The normalized spacial score (nSPS) is 15.0. The smallest absolute Gasteiger partial charge is 0.342 e. The van der Waals surface area contributed by atoms with Gasteiger partial charge in [0, 0.05) is 11.3 Å². The first-order valence-corrected chi connectivity index (χ1v) is 9.20. The summed E-state index contributed by atoms with van der Waals surface area (Å²) in [6.45, 7) is 1.38. The third kappa shape index (κ3) is 3.45. The van der Waals surface area contributed by atoms with Gasteiger partial charge in [0.05, 0.1) is 13.0 Å². The third-order valence-electron chi connectivity index (χ3n) is 5.11.